The maximum absolute atomic E-state index is 12.7. The predicted octanol–water partition coefficient (Wildman–Crippen LogP) is 3.11. The molecule has 0 aliphatic carbocycles. The van der Waals surface area contributed by atoms with Gasteiger partial charge in [0.2, 0.25) is 0 Å². The van der Waals surface area contributed by atoms with E-state index in [1.807, 2.05) is 22.6 Å². The maximum Gasteiger partial charge on any atom is 0.501 e. The number of carboxylic acid groups (broad SMARTS) is 1. The number of alkyl halides is 2. The molecule has 1 aromatic rings. The first-order valence-corrected chi connectivity index (χ1v) is 5.45. The molecular formula is C8H4BrF2IO3. The van der Waals surface area contributed by atoms with Crippen molar-refractivity contribution in [2.45, 2.75) is 6.11 Å². The third kappa shape index (κ3) is 3.26. The van der Waals surface area contributed by atoms with E-state index in [0.29, 0.717) is 0 Å². The van der Waals surface area contributed by atoms with Gasteiger partial charge < -0.3 is 9.84 Å². The van der Waals surface area contributed by atoms with E-state index in [4.69, 9.17) is 5.11 Å². The summed E-state index contributed by atoms with van der Waals surface area (Å²) >= 11 is 4.98. The van der Waals surface area contributed by atoms with Gasteiger partial charge in [-0.05, 0) is 56.7 Å². The van der Waals surface area contributed by atoms with Crippen LogP contribution in [-0.2, 0) is 4.79 Å². The summed E-state index contributed by atoms with van der Waals surface area (Å²) in [5, 5.41) is 8.16. The molecule has 0 aliphatic heterocycles. The van der Waals surface area contributed by atoms with Crippen molar-refractivity contribution in [2.24, 2.45) is 0 Å². The fraction of sp³-hybridized carbons (Fsp3) is 0.125. The van der Waals surface area contributed by atoms with E-state index < -0.39 is 12.1 Å². The second-order valence-electron chi connectivity index (χ2n) is 2.50. The molecule has 0 atom stereocenters. The van der Waals surface area contributed by atoms with Crippen LogP contribution >= 0.6 is 38.5 Å². The standard InChI is InChI=1S/C8H4BrF2IO3/c9-5-3-4(12)1-2-6(5)15-8(10,11)7(13)14/h1-3H,(H,13,14). The Morgan fingerprint density at radius 3 is 2.60 bits per heavy atom. The normalized spacial score (nSPS) is 11.2. The lowest BCUT2D eigenvalue weighted by Crippen LogP contribution is -2.34. The van der Waals surface area contributed by atoms with Crippen molar-refractivity contribution in [3.63, 3.8) is 0 Å². The van der Waals surface area contributed by atoms with Crippen molar-refractivity contribution in [1.82, 2.24) is 0 Å². The zero-order valence-electron chi connectivity index (χ0n) is 7.01. The summed E-state index contributed by atoms with van der Waals surface area (Å²) in [5.41, 5.74) is 0. The van der Waals surface area contributed by atoms with Crippen LogP contribution in [0.5, 0.6) is 5.75 Å². The van der Waals surface area contributed by atoms with Crippen LogP contribution in [0.3, 0.4) is 0 Å². The maximum atomic E-state index is 12.7. The number of halogens is 4. The molecule has 0 amide bonds. The van der Waals surface area contributed by atoms with Crippen molar-refractivity contribution in [2.75, 3.05) is 0 Å². The van der Waals surface area contributed by atoms with Crippen LogP contribution < -0.4 is 4.74 Å². The summed E-state index contributed by atoms with van der Waals surface area (Å²) in [5.74, 6) is -2.55. The van der Waals surface area contributed by atoms with E-state index >= 15 is 0 Å². The first-order valence-electron chi connectivity index (χ1n) is 3.58. The number of carbonyl (C=O) groups is 1. The lowest BCUT2D eigenvalue weighted by molar-refractivity contribution is -0.211. The number of benzene rings is 1. The summed E-state index contributed by atoms with van der Waals surface area (Å²) in [6.45, 7) is 0. The highest BCUT2D eigenvalue weighted by atomic mass is 127. The molecule has 0 radical (unpaired) electrons. The Bertz CT molecular complexity index is 397. The van der Waals surface area contributed by atoms with Gasteiger partial charge in [-0.1, -0.05) is 0 Å². The molecule has 0 unspecified atom stereocenters. The van der Waals surface area contributed by atoms with Gasteiger partial charge in [0, 0.05) is 3.57 Å². The van der Waals surface area contributed by atoms with Crippen LogP contribution in [-0.4, -0.2) is 17.2 Å². The molecule has 0 fully saturated rings. The van der Waals surface area contributed by atoms with Crippen molar-refractivity contribution >= 4 is 44.5 Å². The van der Waals surface area contributed by atoms with Crippen molar-refractivity contribution in [3.05, 3.63) is 26.2 Å². The molecule has 0 aliphatic rings. The number of aliphatic carboxylic acids is 1. The van der Waals surface area contributed by atoms with Crippen LogP contribution in [0.2, 0.25) is 0 Å². The first kappa shape index (κ1) is 12.6. The number of hydrogen-bond donors (Lipinski definition) is 1. The molecule has 0 heterocycles. The minimum atomic E-state index is -4.23. The molecule has 0 saturated carbocycles. The van der Waals surface area contributed by atoms with Crippen LogP contribution in [0, 0.1) is 3.57 Å². The summed E-state index contributed by atoms with van der Waals surface area (Å²) < 4.78 is 30.5. The van der Waals surface area contributed by atoms with Crippen molar-refractivity contribution in [3.8, 4) is 5.75 Å². The van der Waals surface area contributed by atoms with E-state index in [1.54, 1.807) is 0 Å². The third-order valence-corrected chi connectivity index (χ3v) is 2.67. The molecule has 15 heavy (non-hydrogen) atoms. The Hall–Kier alpha value is -0.440. The monoisotopic (exact) mass is 392 g/mol. The quantitative estimate of drug-likeness (QED) is 0.804. The van der Waals surface area contributed by atoms with Crippen molar-refractivity contribution < 1.29 is 23.4 Å². The highest BCUT2D eigenvalue weighted by molar-refractivity contribution is 14.1. The Morgan fingerprint density at radius 2 is 2.13 bits per heavy atom. The van der Waals surface area contributed by atoms with Crippen molar-refractivity contribution in [1.29, 1.82) is 0 Å². The van der Waals surface area contributed by atoms with E-state index in [2.05, 4.69) is 20.7 Å². The summed E-state index contributed by atoms with van der Waals surface area (Å²) in [6.07, 6.45) is -4.23. The molecule has 0 aromatic heterocycles. The van der Waals surface area contributed by atoms with E-state index in [0.717, 1.165) is 3.57 Å². The molecule has 82 valence electrons. The summed E-state index contributed by atoms with van der Waals surface area (Å²) in [4.78, 5) is 10.1. The van der Waals surface area contributed by atoms with Crippen LogP contribution in [0.15, 0.2) is 22.7 Å². The van der Waals surface area contributed by atoms with E-state index in [9.17, 15) is 13.6 Å². The summed E-state index contributed by atoms with van der Waals surface area (Å²) in [6, 6.07) is 4.33. The van der Waals surface area contributed by atoms with Crippen LogP contribution in [0.4, 0.5) is 8.78 Å². The van der Waals surface area contributed by atoms with Gasteiger partial charge >= 0.3 is 12.1 Å². The average Bonchev–Trinajstić information content (AvgIpc) is 2.09. The molecular weight excluding hydrogens is 389 g/mol. The van der Waals surface area contributed by atoms with Gasteiger partial charge in [-0.25, -0.2) is 4.79 Å². The fourth-order valence-electron chi connectivity index (χ4n) is 0.740. The van der Waals surface area contributed by atoms with Gasteiger partial charge in [0.05, 0.1) is 4.47 Å². The molecule has 1 aromatic carbocycles. The zero-order valence-corrected chi connectivity index (χ0v) is 10.8. The molecule has 0 saturated heterocycles. The zero-order chi connectivity index (χ0) is 11.6. The molecule has 7 heteroatoms. The van der Waals surface area contributed by atoms with Gasteiger partial charge in [-0.15, -0.1) is 0 Å². The minimum Gasteiger partial charge on any atom is -0.474 e. The van der Waals surface area contributed by atoms with Gasteiger partial charge in [-0.2, -0.15) is 8.78 Å². The first-order chi connectivity index (χ1) is 6.83. The largest absolute Gasteiger partial charge is 0.501 e. The van der Waals surface area contributed by atoms with E-state index in [1.165, 1.54) is 18.2 Å². The average molecular weight is 393 g/mol. The highest BCUT2D eigenvalue weighted by Gasteiger charge is 2.42. The van der Waals surface area contributed by atoms with E-state index in [-0.39, 0.29) is 10.2 Å². The predicted molar refractivity (Wildman–Crippen MR) is 60.1 cm³/mol. The second kappa shape index (κ2) is 4.60. The lowest BCUT2D eigenvalue weighted by atomic mass is 10.3. The second-order valence-corrected chi connectivity index (χ2v) is 4.60. The number of hydrogen-bond acceptors (Lipinski definition) is 2. The Balaban J connectivity index is 2.95. The Labute approximate surface area is 106 Å². The molecule has 1 rings (SSSR count). The highest BCUT2D eigenvalue weighted by Crippen LogP contribution is 2.30. The SMILES string of the molecule is O=C(O)C(F)(F)Oc1ccc(I)cc1Br. The fourth-order valence-corrected chi connectivity index (χ4v) is 2.12. The number of carboxylic acids is 1. The summed E-state index contributed by atoms with van der Waals surface area (Å²) in [7, 11) is 0. The third-order valence-electron chi connectivity index (χ3n) is 1.38. The molecule has 0 spiro atoms. The van der Waals surface area contributed by atoms with Gasteiger partial charge in [0.15, 0.2) is 0 Å². The van der Waals surface area contributed by atoms with Crippen LogP contribution in [0.1, 0.15) is 0 Å². The molecule has 1 N–H and O–H groups in total. The molecule has 3 nitrogen and oxygen atoms in total. The number of ether oxygens (including phenoxy) is 1. The van der Waals surface area contributed by atoms with Crippen LogP contribution in [0.25, 0.3) is 0 Å². The Kier molecular flexibility index (Phi) is 3.87. The Morgan fingerprint density at radius 1 is 1.53 bits per heavy atom. The van der Waals surface area contributed by atoms with Gasteiger partial charge in [0.25, 0.3) is 0 Å². The van der Waals surface area contributed by atoms with Gasteiger partial charge in [-0.3, -0.25) is 0 Å². The van der Waals surface area contributed by atoms with Gasteiger partial charge in [0.1, 0.15) is 5.75 Å². The smallest absolute Gasteiger partial charge is 0.474 e. The molecule has 0 bridgehead atoms. The topological polar surface area (TPSA) is 46.5 Å². The minimum absolute atomic E-state index is 0.220. The number of rotatable bonds is 3. The lowest BCUT2D eigenvalue weighted by Gasteiger charge is -2.14.